The highest BCUT2D eigenvalue weighted by Gasteiger charge is 2.34. The molecule has 0 aromatic heterocycles. The highest BCUT2D eigenvalue weighted by molar-refractivity contribution is 4.85. The van der Waals surface area contributed by atoms with Gasteiger partial charge in [0.25, 0.3) is 0 Å². The summed E-state index contributed by atoms with van der Waals surface area (Å²) in [5, 5.41) is 0. The molecule has 0 aromatic rings. The molecule has 3 saturated carbocycles. The molecule has 0 amide bonds. The van der Waals surface area contributed by atoms with E-state index < -0.39 is 6.17 Å². The van der Waals surface area contributed by atoms with E-state index in [9.17, 15) is 4.39 Å². The number of rotatable bonds is 4. The Balaban J connectivity index is 1.39. The average Bonchev–Trinajstić information content (AvgIpc) is 2.57. The van der Waals surface area contributed by atoms with Gasteiger partial charge in [0, 0.05) is 0 Å². The fourth-order valence-electron chi connectivity index (χ4n) is 5.99. The Bertz CT molecular complexity index is 302. The van der Waals surface area contributed by atoms with Gasteiger partial charge in [0.05, 0.1) is 0 Å². The van der Waals surface area contributed by atoms with Crippen molar-refractivity contribution >= 4 is 0 Å². The van der Waals surface area contributed by atoms with Crippen molar-refractivity contribution in [2.75, 3.05) is 0 Å². The van der Waals surface area contributed by atoms with Gasteiger partial charge in [-0.1, -0.05) is 32.6 Å². The lowest BCUT2D eigenvalue weighted by atomic mass is 9.65. The molecule has 22 heavy (non-hydrogen) atoms. The zero-order valence-electron chi connectivity index (χ0n) is 14.7. The molecule has 0 radical (unpaired) electrons. The minimum atomic E-state index is -0.481. The molecule has 1 heteroatoms. The molecule has 0 atom stereocenters. The minimum Gasteiger partial charge on any atom is -0.247 e. The molecule has 3 fully saturated rings. The Hall–Kier alpha value is -0.0700. The maximum Gasteiger partial charge on any atom is 0.100 e. The summed E-state index contributed by atoms with van der Waals surface area (Å²) in [7, 11) is 0. The van der Waals surface area contributed by atoms with Gasteiger partial charge in [-0.05, 0) is 93.8 Å². The van der Waals surface area contributed by atoms with Gasteiger partial charge in [-0.3, -0.25) is 0 Å². The van der Waals surface area contributed by atoms with Gasteiger partial charge in [0.15, 0.2) is 0 Å². The smallest absolute Gasteiger partial charge is 0.100 e. The first kappa shape index (κ1) is 16.8. The molecule has 0 bridgehead atoms. The summed E-state index contributed by atoms with van der Waals surface area (Å²) in [6.07, 6.45) is 18.4. The molecule has 0 unspecified atom stereocenters. The van der Waals surface area contributed by atoms with E-state index in [1.165, 1.54) is 77.0 Å². The lowest BCUT2D eigenvalue weighted by Gasteiger charge is -2.41. The number of hydrogen-bond acceptors (Lipinski definition) is 0. The van der Waals surface area contributed by atoms with Crippen molar-refractivity contribution in [3.05, 3.63) is 0 Å². The molecule has 3 aliphatic rings. The standard InChI is InChI=1S/C21H37F/c1-2-3-16-4-6-17(7-5-16)18-8-10-19(11-9-18)20-12-14-21(22)15-13-20/h16-21H,2-15H2,1H3. The second kappa shape index (κ2) is 8.15. The summed E-state index contributed by atoms with van der Waals surface area (Å²) in [5.74, 6) is 4.95. The van der Waals surface area contributed by atoms with E-state index in [4.69, 9.17) is 0 Å². The van der Waals surface area contributed by atoms with Gasteiger partial charge < -0.3 is 0 Å². The first-order chi connectivity index (χ1) is 10.8. The normalized spacial score (nSPS) is 43.9. The topological polar surface area (TPSA) is 0 Å². The van der Waals surface area contributed by atoms with E-state index in [0.29, 0.717) is 0 Å². The Morgan fingerprint density at radius 3 is 1.36 bits per heavy atom. The summed E-state index contributed by atoms with van der Waals surface area (Å²) < 4.78 is 13.3. The van der Waals surface area contributed by atoms with Crippen LogP contribution in [0.25, 0.3) is 0 Å². The molecule has 0 heterocycles. The van der Waals surface area contributed by atoms with Crippen LogP contribution in [0.2, 0.25) is 0 Å². The molecule has 0 N–H and O–H groups in total. The van der Waals surface area contributed by atoms with Gasteiger partial charge in [-0.25, -0.2) is 4.39 Å². The van der Waals surface area contributed by atoms with Crippen LogP contribution in [0.1, 0.15) is 96.8 Å². The molecule has 128 valence electrons. The fourth-order valence-corrected chi connectivity index (χ4v) is 5.99. The molecular formula is C21H37F. The van der Waals surface area contributed by atoms with Crippen LogP contribution in [0, 0.1) is 29.6 Å². The molecule has 0 aromatic carbocycles. The number of alkyl halides is 1. The second-order valence-corrected chi connectivity index (χ2v) is 8.76. The Kier molecular flexibility index (Phi) is 6.22. The maximum atomic E-state index is 13.3. The summed E-state index contributed by atoms with van der Waals surface area (Å²) >= 11 is 0. The van der Waals surface area contributed by atoms with E-state index in [1.807, 2.05) is 0 Å². The van der Waals surface area contributed by atoms with E-state index >= 15 is 0 Å². The number of halogens is 1. The first-order valence-corrected chi connectivity index (χ1v) is 10.4. The van der Waals surface area contributed by atoms with Gasteiger partial charge in [0.1, 0.15) is 6.17 Å². The molecule has 0 aliphatic heterocycles. The summed E-state index contributed by atoms with van der Waals surface area (Å²) in [6, 6.07) is 0. The van der Waals surface area contributed by atoms with Crippen LogP contribution in [-0.2, 0) is 0 Å². The van der Waals surface area contributed by atoms with Crippen molar-refractivity contribution in [2.45, 2.75) is 103 Å². The highest BCUT2D eigenvalue weighted by Crippen LogP contribution is 2.45. The minimum absolute atomic E-state index is 0.481. The Morgan fingerprint density at radius 1 is 0.591 bits per heavy atom. The second-order valence-electron chi connectivity index (χ2n) is 8.76. The summed E-state index contributed by atoms with van der Waals surface area (Å²) in [6.45, 7) is 2.34. The Labute approximate surface area is 137 Å². The SMILES string of the molecule is CCCC1CCC(C2CCC(C3CCC(F)CC3)CC2)CC1. The van der Waals surface area contributed by atoms with Crippen molar-refractivity contribution in [1.29, 1.82) is 0 Å². The van der Waals surface area contributed by atoms with E-state index in [-0.39, 0.29) is 0 Å². The molecule has 3 rings (SSSR count). The molecular weight excluding hydrogens is 271 g/mol. The van der Waals surface area contributed by atoms with Crippen molar-refractivity contribution in [3.63, 3.8) is 0 Å². The molecule has 0 nitrogen and oxygen atoms in total. The van der Waals surface area contributed by atoms with Gasteiger partial charge in [0.2, 0.25) is 0 Å². The van der Waals surface area contributed by atoms with Crippen LogP contribution in [0.4, 0.5) is 4.39 Å². The van der Waals surface area contributed by atoms with Gasteiger partial charge >= 0.3 is 0 Å². The summed E-state index contributed by atoms with van der Waals surface area (Å²) in [4.78, 5) is 0. The van der Waals surface area contributed by atoms with Crippen LogP contribution in [0.15, 0.2) is 0 Å². The lowest BCUT2D eigenvalue weighted by molar-refractivity contribution is 0.0966. The average molecular weight is 309 g/mol. The van der Waals surface area contributed by atoms with Crippen LogP contribution in [0.3, 0.4) is 0 Å². The zero-order chi connectivity index (χ0) is 15.4. The Morgan fingerprint density at radius 2 is 0.955 bits per heavy atom. The number of hydrogen-bond donors (Lipinski definition) is 0. The van der Waals surface area contributed by atoms with Crippen LogP contribution in [0.5, 0.6) is 0 Å². The maximum absolute atomic E-state index is 13.3. The fraction of sp³-hybridized carbons (Fsp3) is 1.00. The van der Waals surface area contributed by atoms with Crippen LogP contribution < -0.4 is 0 Å². The predicted molar refractivity (Wildman–Crippen MR) is 92.7 cm³/mol. The molecule has 0 saturated heterocycles. The van der Waals surface area contributed by atoms with E-state index in [2.05, 4.69) is 6.92 Å². The van der Waals surface area contributed by atoms with Gasteiger partial charge in [-0.15, -0.1) is 0 Å². The van der Waals surface area contributed by atoms with Crippen LogP contribution in [-0.4, -0.2) is 6.17 Å². The third-order valence-electron chi connectivity index (χ3n) is 7.44. The molecule has 3 aliphatic carbocycles. The van der Waals surface area contributed by atoms with Crippen molar-refractivity contribution in [3.8, 4) is 0 Å². The van der Waals surface area contributed by atoms with Gasteiger partial charge in [-0.2, -0.15) is 0 Å². The van der Waals surface area contributed by atoms with E-state index in [1.54, 1.807) is 0 Å². The first-order valence-electron chi connectivity index (χ1n) is 10.4. The lowest BCUT2D eigenvalue weighted by Crippen LogP contribution is -2.30. The molecule has 0 spiro atoms. The van der Waals surface area contributed by atoms with E-state index in [0.717, 1.165) is 42.4 Å². The highest BCUT2D eigenvalue weighted by atomic mass is 19.1. The largest absolute Gasteiger partial charge is 0.247 e. The zero-order valence-corrected chi connectivity index (χ0v) is 14.7. The summed E-state index contributed by atoms with van der Waals surface area (Å²) in [5.41, 5.74) is 0. The van der Waals surface area contributed by atoms with Crippen LogP contribution >= 0.6 is 0 Å². The van der Waals surface area contributed by atoms with Crippen molar-refractivity contribution in [1.82, 2.24) is 0 Å². The van der Waals surface area contributed by atoms with Crippen molar-refractivity contribution in [2.24, 2.45) is 29.6 Å². The monoisotopic (exact) mass is 308 g/mol. The third kappa shape index (κ3) is 4.26. The predicted octanol–water partition coefficient (Wildman–Crippen LogP) is 6.93. The third-order valence-corrected chi connectivity index (χ3v) is 7.44. The van der Waals surface area contributed by atoms with Crippen molar-refractivity contribution < 1.29 is 4.39 Å². The quantitative estimate of drug-likeness (QED) is 0.528.